The fraction of sp³-hybridized carbons (Fsp3) is 0.462. The number of nitrogens with zero attached hydrogens (tertiary/aromatic N) is 1. The van der Waals surface area contributed by atoms with Crippen LogP contribution in [-0.2, 0) is 27.7 Å². The number of benzene rings is 1. The van der Waals surface area contributed by atoms with Gasteiger partial charge >= 0.3 is 0 Å². The fourth-order valence-electron chi connectivity index (χ4n) is 1.63. The summed E-state index contributed by atoms with van der Waals surface area (Å²) in [6.07, 6.45) is 1.07. The molecule has 1 aromatic rings. The van der Waals surface area contributed by atoms with Crippen LogP contribution in [0.1, 0.15) is 18.1 Å². The molecule has 0 saturated heterocycles. The molecule has 1 aromatic carbocycles. The summed E-state index contributed by atoms with van der Waals surface area (Å²) in [5.74, 6) is -0.398. The summed E-state index contributed by atoms with van der Waals surface area (Å²) in [5.41, 5.74) is 7.46. The third kappa shape index (κ3) is 4.33. The molecule has 1 amide bonds. The molecule has 0 aromatic heterocycles. The van der Waals surface area contributed by atoms with Crippen molar-refractivity contribution in [3.8, 4) is 0 Å². The Morgan fingerprint density at radius 2 is 1.74 bits per heavy atom. The molecule has 2 N–H and O–H groups in total. The first-order chi connectivity index (χ1) is 8.75. The van der Waals surface area contributed by atoms with Gasteiger partial charge in [0.25, 0.3) is 0 Å². The number of hydrogen-bond acceptors (Lipinski definition) is 4. The number of carbonyl (C=O) groups excluding carboxylic acids is 1. The first-order valence-electron chi connectivity index (χ1n) is 5.97. The summed E-state index contributed by atoms with van der Waals surface area (Å²) < 4.78 is 22.7. The molecular formula is C13H20N2O3S. The molecule has 1 atom stereocenters. The van der Waals surface area contributed by atoms with Gasteiger partial charge in [0, 0.05) is 26.4 Å². The predicted octanol–water partition coefficient (Wildman–Crippen LogP) is 0.537. The van der Waals surface area contributed by atoms with Gasteiger partial charge in [-0.3, -0.25) is 4.79 Å². The van der Waals surface area contributed by atoms with Gasteiger partial charge in [0.2, 0.25) is 5.91 Å². The minimum atomic E-state index is -3.36. The van der Waals surface area contributed by atoms with Crippen LogP contribution in [0.4, 0.5) is 0 Å². The van der Waals surface area contributed by atoms with E-state index in [1.807, 2.05) is 24.3 Å². The molecule has 5 nitrogen and oxygen atoms in total. The summed E-state index contributed by atoms with van der Waals surface area (Å²) in [5, 5.41) is -1.01. The normalized spacial score (nSPS) is 13.1. The Hall–Kier alpha value is -1.40. The molecule has 1 rings (SSSR count). The number of nitrogens with two attached hydrogens (primary N) is 1. The zero-order valence-corrected chi connectivity index (χ0v) is 12.3. The Morgan fingerprint density at radius 1 is 1.26 bits per heavy atom. The highest BCUT2D eigenvalue weighted by molar-refractivity contribution is 7.92. The Balaban J connectivity index is 2.73. The minimum Gasteiger partial charge on any atom is -0.340 e. The van der Waals surface area contributed by atoms with Crippen LogP contribution in [0.2, 0.25) is 0 Å². The third-order valence-corrected chi connectivity index (χ3v) is 4.53. The standard InChI is InChI=1S/C13H20N2O3S/c1-10(19(3,17)18)13(16)15(2)9-12-6-4-11(8-14)5-7-12/h4-7,10H,8-9,14H2,1-3H3. The highest BCUT2D eigenvalue weighted by Crippen LogP contribution is 2.09. The second-order valence-corrected chi connectivity index (χ2v) is 7.05. The Labute approximate surface area is 114 Å². The van der Waals surface area contributed by atoms with E-state index in [0.717, 1.165) is 17.4 Å². The molecule has 0 aliphatic carbocycles. The van der Waals surface area contributed by atoms with Crippen molar-refractivity contribution >= 4 is 15.7 Å². The molecule has 0 heterocycles. The molecule has 19 heavy (non-hydrogen) atoms. The second-order valence-electron chi connectivity index (χ2n) is 4.69. The maximum absolute atomic E-state index is 11.9. The van der Waals surface area contributed by atoms with Crippen molar-refractivity contribution in [3.05, 3.63) is 35.4 Å². The smallest absolute Gasteiger partial charge is 0.240 e. The average molecular weight is 284 g/mol. The van der Waals surface area contributed by atoms with Gasteiger partial charge in [0.1, 0.15) is 5.25 Å². The van der Waals surface area contributed by atoms with Gasteiger partial charge in [0.15, 0.2) is 9.84 Å². The molecule has 0 aliphatic rings. The molecule has 1 unspecified atom stereocenters. The van der Waals surface area contributed by atoms with E-state index < -0.39 is 21.0 Å². The van der Waals surface area contributed by atoms with Crippen molar-refractivity contribution in [1.29, 1.82) is 0 Å². The zero-order valence-electron chi connectivity index (χ0n) is 11.5. The van der Waals surface area contributed by atoms with Crippen molar-refractivity contribution in [3.63, 3.8) is 0 Å². The van der Waals surface area contributed by atoms with Gasteiger partial charge in [-0.2, -0.15) is 0 Å². The number of rotatable bonds is 5. The van der Waals surface area contributed by atoms with Crippen LogP contribution in [0.5, 0.6) is 0 Å². The van der Waals surface area contributed by atoms with E-state index in [9.17, 15) is 13.2 Å². The quantitative estimate of drug-likeness (QED) is 0.855. The summed E-state index contributed by atoms with van der Waals surface area (Å²) >= 11 is 0. The van der Waals surface area contributed by atoms with Crippen LogP contribution in [0.15, 0.2) is 24.3 Å². The lowest BCUT2D eigenvalue weighted by Gasteiger charge is -2.20. The van der Waals surface area contributed by atoms with Gasteiger partial charge in [-0.25, -0.2) is 8.42 Å². The number of amides is 1. The summed E-state index contributed by atoms with van der Waals surface area (Å²) in [6.45, 7) is 2.26. The molecule has 0 bridgehead atoms. The summed E-state index contributed by atoms with van der Waals surface area (Å²) in [7, 11) is -1.76. The highest BCUT2D eigenvalue weighted by atomic mass is 32.2. The second kappa shape index (κ2) is 6.16. The van der Waals surface area contributed by atoms with Crippen LogP contribution in [-0.4, -0.2) is 37.8 Å². The number of hydrogen-bond donors (Lipinski definition) is 1. The maximum Gasteiger partial charge on any atom is 0.240 e. The molecule has 0 radical (unpaired) electrons. The lowest BCUT2D eigenvalue weighted by molar-refractivity contribution is -0.129. The molecule has 6 heteroatoms. The van der Waals surface area contributed by atoms with Gasteiger partial charge in [-0.05, 0) is 18.1 Å². The SMILES string of the molecule is CC(C(=O)N(C)Cc1ccc(CN)cc1)S(C)(=O)=O. The largest absolute Gasteiger partial charge is 0.340 e. The van der Waals surface area contributed by atoms with E-state index in [4.69, 9.17) is 5.73 Å². The molecule has 106 valence electrons. The van der Waals surface area contributed by atoms with E-state index in [0.29, 0.717) is 13.1 Å². The summed E-state index contributed by atoms with van der Waals surface area (Å²) in [4.78, 5) is 13.4. The van der Waals surface area contributed by atoms with Gasteiger partial charge in [0.05, 0.1) is 0 Å². The van der Waals surface area contributed by atoms with Crippen molar-refractivity contribution in [2.45, 2.75) is 25.3 Å². The first kappa shape index (κ1) is 15.7. The van der Waals surface area contributed by atoms with Crippen molar-refractivity contribution in [1.82, 2.24) is 4.90 Å². The van der Waals surface area contributed by atoms with Crippen LogP contribution in [0.25, 0.3) is 0 Å². The van der Waals surface area contributed by atoms with E-state index in [1.54, 1.807) is 7.05 Å². The van der Waals surface area contributed by atoms with Crippen LogP contribution in [0, 0.1) is 0 Å². The Morgan fingerprint density at radius 3 is 2.16 bits per heavy atom. The van der Waals surface area contributed by atoms with Crippen molar-refractivity contribution in [2.75, 3.05) is 13.3 Å². The van der Waals surface area contributed by atoms with Crippen LogP contribution >= 0.6 is 0 Å². The molecule has 0 fully saturated rings. The van der Waals surface area contributed by atoms with E-state index in [1.165, 1.54) is 11.8 Å². The zero-order chi connectivity index (χ0) is 14.6. The molecule has 0 spiro atoms. The van der Waals surface area contributed by atoms with E-state index in [2.05, 4.69) is 0 Å². The number of carbonyl (C=O) groups is 1. The maximum atomic E-state index is 11.9. The Kier molecular flexibility index (Phi) is 5.08. The topological polar surface area (TPSA) is 80.5 Å². The van der Waals surface area contributed by atoms with Crippen molar-refractivity contribution in [2.24, 2.45) is 5.73 Å². The van der Waals surface area contributed by atoms with Crippen LogP contribution in [0.3, 0.4) is 0 Å². The predicted molar refractivity (Wildman–Crippen MR) is 75.1 cm³/mol. The van der Waals surface area contributed by atoms with E-state index in [-0.39, 0.29) is 0 Å². The Bertz CT molecular complexity index is 538. The van der Waals surface area contributed by atoms with Gasteiger partial charge < -0.3 is 10.6 Å². The number of sulfone groups is 1. The van der Waals surface area contributed by atoms with E-state index >= 15 is 0 Å². The van der Waals surface area contributed by atoms with Crippen LogP contribution < -0.4 is 5.73 Å². The molecule has 0 saturated carbocycles. The monoisotopic (exact) mass is 284 g/mol. The fourth-order valence-corrected chi connectivity index (χ4v) is 2.17. The minimum absolute atomic E-state index is 0.379. The van der Waals surface area contributed by atoms with Crippen molar-refractivity contribution < 1.29 is 13.2 Å². The van der Waals surface area contributed by atoms with Gasteiger partial charge in [-0.15, -0.1) is 0 Å². The highest BCUT2D eigenvalue weighted by Gasteiger charge is 2.26. The molecular weight excluding hydrogens is 264 g/mol. The lowest BCUT2D eigenvalue weighted by Crippen LogP contribution is -2.38. The molecule has 0 aliphatic heterocycles. The third-order valence-electron chi connectivity index (χ3n) is 3.04. The summed E-state index contributed by atoms with van der Waals surface area (Å²) in [6, 6.07) is 7.56. The van der Waals surface area contributed by atoms with Gasteiger partial charge in [-0.1, -0.05) is 24.3 Å². The lowest BCUT2D eigenvalue weighted by atomic mass is 10.1. The average Bonchev–Trinajstić information content (AvgIpc) is 2.36. The first-order valence-corrected chi connectivity index (χ1v) is 7.93.